The number of esters is 1. The number of para-hydroxylation sites is 1. The molecule has 9 heteroatoms. The van der Waals surface area contributed by atoms with Crippen molar-refractivity contribution >= 4 is 29.0 Å². The summed E-state index contributed by atoms with van der Waals surface area (Å²) in [6.07, 6.45) is 2.46. The lowest BCUT2D eigenvalue weighted by Crippen LogP contribution is -2.37. The van der Waals surface area contributed by atoms with Gasteiger partial charge in [0.05, 0.1) is 17.4 Å². The molecule has 0 atom stereocenters. The van der Waals surface area contributed by atoms with Crippen LogP contribution in [0.1, 0.15) is 25.3 Å². The van der Waals surface area contributed by atoms with E-state index in [0.29, 0.717) is 32.5 Å². The van der Waals surface area contributed by atoms with E-state index in [0.717, 1.165) is 11.3 Å². The van der Waals surface area contributed by atoms with Crippen LogP contribution in [0.4, 0.5) is 23.0 Å². The average molecular weight is 385 g/mol. The Morgan fingerprint density at radius 3 is 2.68 bits per heavy atom. The monoisotopic (exact) mass is 385 g/mol. The SMILES string of the molecule is CCOC(=O)C1CCN(c2ncnc(Nc3ccccc3C)c2[N+](=O)[O-])CC1. The third-order valence-corrected chi connectivity index (χ3v) is 4.80. The highest BCUT2D eigenvalue weighted by molar-refractivity contribution is 5.76. The Labute approximate surface area is 162 Å². The van der Waals surface area contributed by atoms with Gasteiger partial charge in [-0.1, -0.05) is 18.2 Å². The summed E-state index contributed by atoms with van der Waals surface area (Å²) in [6.45, 7) is 5.03. The van der Waals surface area contributed by atoms with Gasteiger partial charge in [-0.2, -0.15) is 0 Å². The van der Waals surface area contributed by atoms with Crippen LogP contribution in [0.5, 0.6) is 0 Å². The maximum absolute atomic E-state index is 11.9. The summed E-state index contributed by atoms with van der Waals surface area (Å²) >= 11 is 0. The van der Waals surface area contributed by atoms with Gasteiger partial charge in [0, 0.05) is 18.8 Å². The standard InChI is InChI=1S/C19H23N5O4/c1-3-28-19(25)14-8-10-23(11-9-14)18-16(24(26)27)17(20-12-21-18)22-15-7-5-4-6-13(15)2/h4-7,12,14H,3,8-11H2,1-2H3,(H,20,21,22). The van der Waals surface area contributed by atoms with Gasteiger partial charge in [-0.15, -0.1) is 0 Å². The molecule has 9 nitrogen and oxygen atoms in total. The van der Waals surface area contributed by atoms with Crippen molar-refractivity contribution in [3.8, 4) is 0 Å². The number of aromatic nitrogens is 2. The molecule has 0 aliphatic carbocycles. The van der Waals surface area contributed by atoms with Crippen molar-refractivity contribution in [2.75, 3.05) is 29.9 Å². The van der Waals surface area contributed by atoms with Gasteiger partial charge in [0.15, 0.2) is 0 Å². The minimum absolute atomic E-state index is 0.150. The predicted molar refractivity (Wildman–Crippen MR) is 105 cm³/mol. The molecule has 0 spiro atoms. The number of nitro groups is 1. The molecule has 2 heterocycles. The van der Waals surface area contributed by atoms with E-state index in [4.69, 9.17) is 4.74 Å². The largest absolute Gasteiger partial charge is 0.466 e. The van der Waals surface area contributed by atoms with Crippen LogP contribution in [0.2, 0.25) is 0 Å². The molecule has 1 aromatic heterocycles. The second-order valence-electron chi connectivity index (χ2n) is 6.60. The summed E-state index contributed by atoms with van der Waals surface area (Å²) in [5.74, 6) is 0.0260. The zero-order valence-electron chi connectivity index (χ0n) is 15.9. The number of hydrogen-bond donors (Lipinski definition) is 1. The number of aryl methyl sites for hydroxylation is 1. The molecule has 0 unspecified atom stereocenters. The average Bonchev–Trinajstić information content (AvgIpc) is 2.69. The van der Waals surface area contributed by atoms with Crippen LogP contribution in [0.25, 0.3) is 0 Å². The number of rotatable bonds is 6. The molecular formula is C19H23N5O4. The third kappa shape index (κ3) is 4.19. The normalized spacial score (nSPS) is 14.6. The summed E-state index contributed by atoms with van der Waals surface area (Å²) in [5.41, 5.74) is 1.53. The van der Waals surface area contributed by atoms with Crippen LogP contribution in [-0.4, -0.2) is 40.6 Å². The molecule has 1 aliphatic rings. The Morgan fingerprint density at radius 2 is 2.04 bits per heavy atom. The Balaban J connectivity index is 1.83. The summed E-state index contributed by atoms with van der Waals surface area (Å²) in [4.78, 5) is 33.4. The summed E-state index contributed by atoms with van der Waals surface area (Å²) in [7, 11) is 0. The van der Waals surface area contributed by atoms with Gasteiger partial charge >= 0.3 is 11.7 Å². The molecule has 148 valence electrons. The van der Waals surface area contributed by atoms with E-state index in [1.54, 1.807) is 6.92 Å². The first-order valence-electron chi connectivity index (χ1n) is 9.24. The van der Waals surface area contributed by atoms with Crippen molar-refractivity contribution in [2.24, 2.45) is 5.92 Å². The van der Waals surface area contributed by atoms with Gasteiger partial charge in [-0.3, -0.25) is 14.9 Å². The molecule has 1 aromatic carbocycles. The van der Waals surface area contributed by atoms with Crippen LogP contribution in [0.3, 0.4) is 0 Å². The molecule has 2 aromatic rings. The molecular weight excluding hydrogens is 362 g/mol. The van der Waals surface area contributed by atoms with Crippen molar-refractivity contribution in [2.45, 2.75) is 26.7 Å². The van der Waals surface area contributed by atoms with E-state index >= 15 is 0 Å². The lowest BCUT2D eigenvalue weighted by molar-refractivity contribution is -0.383. The smallest absolute Gasteiger partial charge is 0.353 e. The van der Waals surface area contributed by atoms with Gasteiger partial charge < -0.3 is 15.0 Å². The Morgan fingerprint density at radius 1 is 1.32 bits per heavy atom. The van der Waals surface area contributed by atoms with Crippen molar-refractivity contribution in [3.05, 3.63) is 46.3 Å². The number of nitrogens with zero attached hydrogens (tertiary/aromatic N) is 4. The molecule has 1 N–H and O–H groups in total. The van der Waals surface area contributed by atoms with E-state index in [9.17, 15) is 14.9 Å². The summed E-state index contributed by atoms with van der Waals surface area (Å²) in [5, 5.41) is 14.9. The number of hydrogen-bond acceptors (Lipinski definition) is 8. The van der Waals surface area contributed by atoms with Crippen LogP contribution in [-0.2, 0) is 9.53 Å². The Bertz CT molecular complexity index is 865. The second kappa shape index (κ2) is 8.64. The molecule has 1 aliphatic heterocycles. The fourth-order valence-corrected chi connectivity index (χ4v) is 3.29. The fraction of sp³-hybridized carbons (Fsp3) is 0.421. The molecule has 0 saturated carbocycles. The lowest BCUT2D eigenvalue weighted by Gasteiger charge is -2.31. The number of carbonyl (C=O) groups excluding carboxylic acids is 1. The molecule has 0 bridgehead atoms. The molecule has 1 saturated heterocycles. The van der Waals surface area contributed by atoms with E-state index in [-0.39, 0.29) is 29.2 Å². The van der Waals surface area contributed by atoms with Crippen molar-refractivity contribution in [3.63, 3.8) is 0 Å². The first kappa shape index (κ1) is 19.5. The van der Waals surface area contributed by atoms with E-state index in [2.05, 4.69) is 15.3 Å². The van der Waals surface area contributed by atoms with Gasteiger partial charge in [0.25, 0.3) is 0 Å². The highest BCUT2D eigenvalue weighted by Crippen LogP contribution is 2.36. The number of ether oxygens (including phenoxy) is 1. The number of piperidine rings is 1. The Hall–Kier alpha value is -3.23. The number of benzene rings is 1. The number of nitrogens with one attached hydrogen (secondary N) is 1. The maximum atomic E-state index is 11.9. The topological polar surface area (TPSA) is 110 Å². The summed E-state index contributed by atoms with van der Waals surface area (Å²) in [6, 6.07) is 7.50. The van der Waals surface area contributed by atoms with Crippen LogP contribution in [0, 0.1) is 23.0 Å². The minimum Gasteiger partial charge on any atom is -0.466 e. The maximum Gasteiger partial charge on any atom is 0.353 e. The minimum atomic E-state index is -0.465. The fourth-order valence-electron chi connectivity index (χ4n) is 3.29. The van der Waals surface area contributed by atoms with E-state index < -0.39 is 4.92 Å². The van der Waals surface area contributed by atoms with Gasteiger partial charge in [0.2, 0.25) is 11.6 Å². The van der Waals surface area contributed by atoms with Crippen molar-refractivity contribution < 1.29 is 14.5 Å². The van der Waals surface area contributed by atoms with Gasteiger partial charge in [0.1, 0.15) is 6.33 Å². The molecule has 28 heavy (non-hydrogen) atoms. The third-order valence-electron chi connectivity index (χ3n) is 4.80. The van der Waals surface area contributed by atoms with Gasteiger partial charge in [-0.05, 0) is 38.3 Å². The molecule has 0 radical (unpaired) electrons. The molecule has 1 fully saturated rings. The van der Waals surface area contributed by atoms with Crippen LogP contribution >= 0.6 is 0 Å². The quantitative estimate of drug-likeness (QED) is 0.458. The number of carbonyl (C=O) groups is 1. The second-order valence-corrected chi connectivity index (χ2v) is 6.60. The number of anilines is 3. The summed E-state index contributed by atoms with van der Waals surface area (Å²) < 4.78 is 5.08. The first-order valence-corrected chi connectivity index (χ1v) is 9.24. The first-order chi connectivity index (χ1) is 13.5. The molecule has 3 rings (SSSR count). The molecule has 0 amide bonds. The van der Waals surface area contributed by atoms with E-state index in [1.807, 2.05) is 36.1 Å². The van der Waals surface area contributed by atoms with Gasteiger partial charge in [-0.25, -0.2) is 9.97 Å². The predicted octanol–water partition coefficient (Wildman–Crippen LogP) is 3.22. The zero-order valence-corrected chi connectivity index (χ0v) is 15.9. The van der Waals surface area contributed by atoms with E-state index in [1.165, 1.54) is 6.33 Å². The van der Waals surface area contributed by atoms with Crippen molar-refractivity contribution in [1.82, 2.24) is 9.97 Å². The Kier molecular flexibility index (Phi) is 6.03. The van der Waals surface area contributed by atoms with Crippen molar-refractivity contribution in [1.29, 1.82) is 0 Å². The van der Waals surface area contributed by atoms with Crippen LogP contribution in [0.15, 0.2) is 30.6 Å². The lowest BCUT2D eigenvalue weighted by atomic mass is 9.97. The highest BCUT2D eigenvalue weighted by Gasteiger charge is 2.32. The highest BCUT2D eigenvalue weighted by atomic mass is 16.6. The van der Waals surface area contributed by atoms with Crippen LogP contribution < -0.4 is 10.2 Å². The zero-order chi connectivity index (χ0) is 20.1.